The molecule has 0 unspecified atom stereocenters. The van der Waals surface area contributed by atoms with Crippen molar-refractivity contribution in [3.8, 4) is 0 Å². The number of hydrogen-bond acceptors (Lipinski definition) is 3. The molecule has 0 radical (unpaired) electrons. The Morgan fingerprint density at radius 2 is 2.21 bits per heavy atom. The number of nitrogens with one attached hydrogen (secondary N) is 1. The molecule has 0 aliphatic heterocycles. The molecular weight excluding hydrogens is 317 g/mol. The van der Waals surface area contributed by atoms with Gasteiger partial charge in [0.15, 0.2) is 5.84 Å². The number of rotatable bonds is 3. The second-order valence-electron chi connectivity index (χ2n) is 4.50. The summed E-state index contributed by atoms with van der Waals surface area (Å²) in [6.45, 7) is 0. The van der Waals surface area contributed by atoms with E-state index in [4.69, 9.17) is 10.9 Å². The Morgan fingerprint density at radius 1 is 1.53 bits per heavy atom. The molecule has 2 rings (SSSR count). The smallest absolute Gasteiger partial charge is 0.238 e. The van der Waals surface area contributed by atoms with Crippen molar-refractivity contribution in [2.75, 3.05) is 5.32 Å². The topological polar surface area (TPSA) is 87.7 Å². The van der Waals surface area contributed by atoms with Gasteiger partial charge >= 0.3 is 0 Å². The predicted octanol–water partition coefficient (Wildman–Crippen LogP) is 2.44. The molecule has 1 aliphatic carbocycles. The van der Waals surface area contributed by atoms with Crippen molar-refractivity contribution < 1.29 is 14.4 Å². The van der Waals surface area contributed by atoms with Gasteiger partial charge in [-0.2, -0.15) is 0 Å². The van der Waals surface area contributed by atoms with Gasteiger partial charge in [0.1, 0.15) is 11.2 Å². The monoisotopic (exact) mass is 329 g/mol. The van der Waals surface area contributed by atoms with Gasteiger partial charge in [0.25, 0.3) is 0 Å². The predicted molar refractivity (Wildman–Crippen MR) is 72.4 cm³/mol. The van der Waals surface area contributed by atoms with Crippen molar-refractivity contribution >= 4 is 33.4 Å². The van der Waals surface area contributed by atoms with E-state index >= 15 is 0 Å². The average molecular weight is 330 g/mol. The summed E-state index contributed by atoms with van der Waals surface area (Å²) in [7, 11) is 0. The fraction of sp³-hybridized carbons (Fsp3) is 0.333. The van der Waals surface area contributed by atoms with Crippen LogP contribution in [0.4, 0.5) is 10.1 Å². The molecule has 0 heterocycles. The molecule has 0 aromatic heterocycles. The minimum atomic E-state index is -1.02. The molecule has 1 aliphatic rings. The molecule has 1 amide bonds. The molecule has 0 atom stereocenters. The minimum absolute atomic E-state index is 0.0743. The van der Waals surface area contributed by atoms with Crippen LogP contribution in [0.1, 0.15) is 19.3 Å². The molecule has 1 aromatic carbocycles. The van der Waals surface area contributed by atoms with E-state index in [1.165, 1.54) is 12.1 Å². The zero-order chi connectivity index (χ0) is 14.0. The van der Waals surface area contributed by atoms with Crippen LogP contribution in [-0.4, -0.2) is 17.0 Å². The van der Waals surface area contributed by atoms with E-state index < -0.39 is 17.1 Å². The molecule has 0 bridgehead atoms. The Bertz CT molecular complexity index is 544. The number of carbonyl (C=O) groups excluding carboxylic acids is 1. The van der Waals surface area contributed by atoms with E-state index in [2.05, 4.69) is 26.4 Å². The van der Waals surface area contributed by atoms with E-state index in [0.29, 0.717) is 17.3 Å². The van der Waals surface area contributed by atoms with Crippen molar-refractivity contribution in [1.29, 1.82) is 0 Å². The van der Waals surface area contributed by atoms with Gasteiger partial charge in [-0.15, -0.1) is 0 Å². The van der Waals surface area contributed by atoms with Gasteiger partial charge in [-0.05, 0) is 31.0 Å². The Labute approximate surface area is 117 Å². The summed E-state index contributed by atoms with van der Waals surface area (Å²) in [5.41, 5.74) is 4.62. The largest absolute Gasteiger partial charge is 0.409 e. The fourth-order valence-corrected chi connectivity index (χ4v) is 2.39. The van der Waals surface area contributed by atoms with Crippen LogP contribution in [0.3, 0.4) is 0 Å². The Kier molecular flexibility index (Phi) is 3.75. The van der Waals surface area contributed by atoms with E-state index in [1.54, 1.807) is 6.07 Å². The van der Waals surface area contributed by atoms with E-state index in [1.807, 2.05) is 0 Å². The maximum atomic E-state index is 13.6. The summed E-state index contributed by atoms with van der Waals surface area (Å²) >= 11 is 3.14. The average Bonchev–Trinajstić information content (AvgIpc) is 2.31. The number of amidine groups is 1. The quantitative estimate of drug-likeness (QED) is 0.344. The zero-order valence-electron chi connectivity index (χ0n) is 9.99. The molecule has 19 heavy (non-hydrogen) atoms. The van der Waals surface area contributed by atoms with E-state index in [0.717, 1.165) is 6.42 Å². The van der Waals surface area contributed by atoms with Crippen molar-refractivity contribution in [1.82, 2.24) is 0 Å². The first kappa shape index (κ1) is 13.8. The molecule has 5 nitrogen and oxygen atoms in total. The third-order valence-electron chi connectivity index (χ3n) is 3.42. The summed E-state index contributed by atoms with van der Waals surface area (Å²) in [5.74, 6) is -1.12. The van der Waals surface area contributed by atoms with Gasteiger partial charge in [0, 0.05) is 4.47 Å². The van der Waals surface area contributed by atoms with Crippen molar-refractivity contribution in [2.45, 2.75) is 19.3 Å². The minimum Gasteiger partial charge on any atom is -0.409 e. The maximum absolute atomic E-state index is 13.6. The van der Waals surface area contributed by atoms with Crippen LogP contribution in [0.2, 0.25) is 0 Å². The summed E-state index contributed by atoms with van der Waals surface area (Å²) in [6.07, 6.45) is 1.80. The molecule has 1 aromatic rings. The Morgan fingerprint density at radius 3 is 2.68 bits per heavy atom. The third kappa shape index (κ3) is 2.42. The summed E-state index contributed by atoms with van der Waals surface area (Å²) in [4.78, 5) is 12.2. The molecule has 1 fully saturated rings. The first-order valence-electron chi connectivity index (χ1n) is 5.74. The number of nitrogens with zero attached hydrogens (tertiary/aromatic N) is 1. The van der Waals surface area contributed by atoms with Gasteiger partial charge in [-0.3, -0.25) is 4.79 Å². The lowest BCUT2D eigenvalue weighted by Gasteiger charge is -2.38. The fourth-order valence-electron chi connectivity index (χ4n) is 2.06. The summed E-state index contributed by atoms with van der Waals surface area (Å²) in [5, 5.41) is 14.1. The lowest BCUT2D eigenvalue weighted by Crippen LogP contribution is -2.51. The molecule has 0 spiro atoms. The van der Waals surface area contributed by atoms with Crippen LogP contribution in [0.15, 0.2) is 27.8 Å². The number of benzene rings is 1. The Hall–Kier alpha value is -1.63. The zero-order valence-corrected chi connectivity index (χ0v) is 11.6. The number of anilines is 1. The normalized spacial score (nSPS) is 17.7. The number of nitrogens with two attached hydrogens (primary N) is 1. The highest BCUT2D eigenvalue weighted by molar-refractivity contribution is 9.10. The highest BCUT2D eigenvalue weighted by atomic mass is 79.9. The van der Waals surface area contributed by atoms with Crippen molar-refractivity contribution in [2.24, 2.45) is 16.3 Å². The van der Waals surface area contributed by atoms with Crippen LogP contribution in [-0.2, 0) is 4.79 Å². The highest BCUT2D eigenvalue weighted by Crippen LogP contribution is 2.42. The van der Waals surface area contributed by atoms with Crippen LogP contribution in [0.25, 0.3) is 0 Å². The number of hydrogen-bond donors (Lipinski definition) is 3. The van der Waals surface area contributed by atoms with Crippen LogP contribution >= 0.6 is 15.9 Å². The number of carbonyl (C=O) groups is 1. The second kappa shape index (κ2) is 5.16. The first-order chi connectivity index (χ1) is 8.99. The van der Waals surface area contributed by atoms with Gasteiger partial charge in [0.05, 0.1) is 5.69 Å². The number of oxime groups is 1. The molecular formula is C12H13BrFN3O2. The van der Waals surface area contributed by atoms with Gasteiger partial charge < -0.3 is 16.3 Å². The summed E-state index contributed by atoms with van der Waals surface area (Å²) in [6, 6.07) is 4.33. The van der Waals surface area contributed by atoms with E-state index in [-0.39, 0.29) is 11.5 Å². The van der Waals surface area contributed by atoms with Gasteiger partial charge in [-0.1, -0.05) is 27.5 Å². The molecule has 4 N–H and O–H groups in total. The lowest BCUT2D eigenvalue weighted by atomic mass is 9.67. The highest BCUT2D eigenvalue weighted by Gasteiger charge is 2.48. The molecule has 0 saturated heterocycles. The maximum Gasteiger partial charge on any atom is 0.238 e. The number of amides is 1. The first-order valence-corrected chi connectivity index (χ1v) is 6.53. The standard InChI is InChI=1S/C12H13BrFN3O2/c13-7-2-3-9(8(14)6-7)16-11(18)12(4-1-5-12)10(15)17-19/h2-3,6,19H,1,4-5H2,(H2,15,17)(H,16,18). The van der Waals surface area contributed by atoms with Crippen LogP contribution in [0.5, 0.6) is 0 Å². The number of halogens is 2. The lowest BCUT2D eigenvalue weighted by molar-refractivity contribution is -0.125. The Balaban J connectivity index is 2.21. The van der Waals surface area contributed by atoms with Gasteiger partial charge in [0.2, 0.25) is 5.91 Å². The molecule has 7 heteroatoms. The van der Waals surface area contributed by atoms with Crippen molar-refractivity contribution in [3.05, 3.63) is 28.5 Å². The van der Waals surface area contributed by atoms with Crippen LogP contribution in [0, 0.1) is 11.2 Å². The molecule has 102 valence electrons. The summed E-state index contributed by atoms with van der Waals surface area (Å²) < 4.78 is 14.2. The van der Waals surface area contributed by atoms with Crippen molar-refractivity contribution in [3.63, 3.8) is 0 Å². The van der Waals surface area contributed by atoms with Crippen LogP contribution < -0.4 is 11.1 Å². The second-order valence-corrected chi connectivity index (χ2v) is 5.41. The van der Waals surface area contributed by atoms with Gasteiger partial charge in [-0.25, -0.2) is 4.39 Å². The van der Waals surface area contributed by atoms with E-state index in [9.17, 15) is 9.18 Å². The SMILES string of the molecule is N/C(=N/O)C1(C(=O)Nc2ccc(Br)cc2F)CCC1. The third-order valence-corrected chi connectivity index (χ3v) is 3.91. The molecule has 1 saturated carbocycles.